The number of fused-ring (bicyclic) bond motifs is 14. The highest BCUT2D eigenvalue weighted by atomic mass is 35.5. The van der Waals surface area contributed by atoms with E-state index in [1.54, 1.807) is 27.7 Å². The Labute approximate surface area is 708 Å². The maximum atomic E-state index is 14.7. The second-order valence-electron chi connectivity index (χ2n) is 43.5. The van der Waals surface area contributed by atoms with Gasteiger partial charge in [0.05, 0.1) is 40.3 Å². The van der Waals surface area contributed by atoms with Crippen LogP contribution in [-0.4, -0.2) is 168 Å². The Morgan fingerprint density at radius 2 is 0.897 bits per heavy atom. The van der Waals surface area contributed by atoms with Crippen molar-refractivity contribution in [2.75, 3.05) is 102 Å². The fourth-order valence-electron chi connectivity index (χ4n) is 29.8. The zero-order valence-electron chi connectivity index (χ0n) is 74.7. The summed E-state index contributed by atoms with van der Waals surface area (Å²) in [6.07, 6.45) is 33.8. The van der Waals surface area contributed by atoms with Crippen LogP contribution in [0.5, 0.6) is 0 Å². The van der Waals surface area contributed by atoms with E-state index < -0.39 is 68.6 Å². The number of halogens is 3. The largest absolute Gasteiger partial charge is 0.481 e. The molecule has 0 aromatic heterocycles. The zero-order valence-corrected chi connectivity index (χ0v) is 77.1. The van der Waals surface area contributed by atoms with Crippen LogP contribution in [0.25, 0.3) is 0 Å². The van der Waals surface area contributed by atoms with Crippen molar-refractivity contribution in [2.45, 2.75) is 276 Å². The molecule has 0 aromatic rings. The number of sulfone groups is 2. The first-order chi connectivity index (χ1) is 54.7. The molecule has 0 unspecified atom stereocenters. The highest BCUT2D eigenvalue weighted by Crippen LogP contribution is 2.79. The second-order valence-corrected chi connectivity index (χ2v) is 48.3. The number of carboxylic acid groups (broad SMARTS) is 1. The lowest BCUT2D eigenvalue weighted by Gasteiger charge is -2.72. The van der Waals surface area contributed by atoms with Crippen molar-refractivity contribution in [1.82, 2.24) is 20.4 Å². The Hall–Kier alpha value is -3.79. The van der Waals surface area contributed by atoms with E-state index in [1.165, 1.54) is 136 Å². The molecule has 0 amide bonds. The molecule has 3 N–H and O–H groups in total. The van der Waals surface area contributed by atoms with Gasteiger partial charge in [-0.3, -0.25) is 19.2 Å². The van der Waals surface area contributed by atoms with Gasteiger partial charge in [0.15, 0.2) is 25.7 Å². The monoisotopic (exact) mass is 1690 g/mol. The first kappa shape index (κ1) is 92.4. The van der Waals surface area contributed by atoms with Crippen molar-refractivity contribution in [2.24, 2.45) is 125 Å². The van der Waals surface area contributed by atoms with E-state index in [4.69, 9.17) is 21.1 Å². The van der Waals surface area contributed by atoms with Crippen molar-refractivity contribution in [3.63, 3.8) is 0 Å². The number of carbonyl (C=O) groups is 4. The van der Waals surface area contributed by atoms with Crippen LogP contribution in [0.15, 0.2) is 70.9 Å². The van der Waals surface area contributed by atoms with Gasteiger partial charge in [-0.05, 0) is 293 Å². The van der Waals surface area contributed by atoms with Crippen LogP contribution in [0.3, 0.4) is 0 Å². The average Bonchev–Trinajstić information content (AvgIpc) is 1.63. The molecule has 10 fully saturated rings. The average molecular weight is 1690 g/mol. The Morgan fingerprint density at radius 1 is 0.504 bits per heavy atom. The van der Waals surface area contributed by atoms with E-state index in [-0.39, 0.29) is 103 Å². The summed E-state index contributed by atoms with van der Waals surface area (Å²) in [5.74, 6) is 4.32. The van der Waals surface area contributed by atoms with Gasteiger partial charge in [0, 0.05) is 63.4 Å². The van der Waals surface area contributed by atoms with Gasteiger partial charge in [-0.15, -0.1) is 0 Å². The normalized spacial score (nSPS) is 41.5. The molecule has 8 saturated carbocycles. The van der Waals surface area contributed by atoms with Gasteiger partial charge in [-0.25, -0.2) is 25.6 Å². The third-order valence-electron chi connectivity index (χ3n) is 36.8. The van der Waals surface area contributed by atoms with Crippen molar-refractivity contribution in [1.29, 1.82) is 0 Å². The van der Waals surface area contributed by atoms with Crippen LogP contribution in [0, 0.1) is 125 Å². The van der Waals surface area contributed by atoms with E-state index in [0.717, 1.165) is 39.0 Å². The standard InChI is InChI=1S/C48H75FN2O6S.C43H67FN2O4S.C5H9ClO2/c1-32(2)35-14-21-48(50-24-25-51-26-28-58(54,55)29-27-51)23-22-45(8)37(40(35)48)10-11-39-44(7)17-15-36(43(5,6)38(44)16-18-46(39,45)9)34-12-19-47(30-49,20-13-34)42(53)57-31-56-41(52)33(3)4;1-29(2)31-12-19-43(45-22-23-46-24-26-51(49,50)27-25-46)21-20-40(6)33(36(31)43)8-9-35-39(5)15-13-32(38(3,4)34(39)14-16-41(35,40)7)30-10-17-42(28-44,18-11-30)37(47)48;1-4(2)5(7)8-3-6/h12,15,33,35,37-40,50H,1,10-11,13-14,16-31H2,2-9H3;10,13,31,33-36,45H,1,8-9,11-12,14-28H2,2-7H3,(H,47,48);4H,3H2,1-2H3/t35-,37+,38-,39+,40+,44-,45+,46+,47+,48-;31-,33+,34-,35+,36+,39-,40+,41+,42+,43-;/m00./s1. The van der Waals surface area contributed by atoms with Crippen LogP contribution >= 0.6 is 11.6 Å². The molecule has 12 aliphatic carbocycles. The molecule has 0 aromatic carbocycles. The van der Waals surface area contributed by atoms with Gasteiger partial charge in [0.25, 0.3) is 0 Å². The summed E-state index contributed by atoms with van der Waals surface area (Å²) in [4.78, 5) is 52.1. The van der Waals surface area contributed by atoms with Crippen LogP contribution in [0.1, 0.15) is 265 Å². The highest BCUT2D eigenvalue weighted by molar-refractivity contribution is 7.91. The minimum Gasteiger partial charge on any atom is -0.481 e. The minimum absolute atomic E-state index is 0.0163. The predicted molar refractivity (Wildman–Crippen MR) is 464 cm³/mol. The minimum atomic E-state index is -2.88. The highest BCUT2D eigenvalue weighted by Gasteiger charge is 2.73. The Kier molecular flexibility index (Phi) is 27.1. The first-order valence-corrected chi connectivity index (χ1v) is 49.8. The summed E-state index contributed by atoms with van der Waals surface area (Å²) >= 11 is 5.10. The van der Waals surface area contributed by atoms with Gasteiger partial charge >= 0.3 is 23.9 Å². The molecule has 117 heavy (non-hydrogen) atoms. The Bertz CT molecular complexity index is 4090. The number of allylic oxidation sites excluding steroid dienone is 10. The molecular formula is C96H151ClF2N4O12S2. The fourth-order valence-corrected chi connectivity index (χ4v) is 32.4. The fraction of sp³-hybridized carbons (Fsp3) is 0.833. The molecule has 2 aliphatic heterocycles. The third kappa shape index (κ3) is 16.5. The number of nitrogens with one attached hydrogen (secondary N) is 2. The number of nitrogens with zero attached hydrogens (tertiary/aromatic N) is 2. The molecule has 0 bridgehead atoms. The second kappa shape index (κ2) is 34.3. The van der Waals surface area contributed by atoms with E-state index in [1.807, 2.05) is 0 Å². The zero-order chi connectivity index (χ0) is 85.5. The van der Waals surface area contributed by atoms with Crippen molar-refractivity contribution >= 4 is 55.2 Å². The number of carbonyl (C=O) groups excluding carboxylic acids is 3. The number of hydrogen-bond donors (Lipinski definition) is 3. The number of aliphatic carboxylic acids is 1. The quantitative estimate of drug-likeness (QED) is 0.0422. The maximum Gasteiger partial charge on any atom is 0.317 e. The molecule has 660 valence electrons. The lowest BCUT2D eigenvalue weighted by atomic mass is 9.33. The van der Waals surface area contributed by atoms with Gasteiger partial charge in [0.2, 0.25) is 6.79 Å². The molecule has 14 rings (SSSR count). The topological polar surface area (TPSA) is 215 Å². The summed E-state index contributed by atoms with van der Waals surface area (Å²) < 4.78 is 91.6. The molecule has 0 radical (unpaired) electrons. The van der Waals surface area contributed by atoms with Gasteiger partial charge < -0.3 is 39.8 Å². The molecule has 2 heterocycles. The number of hydrogen-bond acceptors (Lipinski definition) is 15. The molecule has 2 saturated heterocycles. The lowest BCUT2D eigenvalue weighted by Crippen LogP contribution is -2.68. The van der Waals surface area contributed by atoms with Crippen molar-refractivity contribution < 1.29 is 64.1 Å². The smallest absolute Gasteiger partial charge is 0.317 e. The molecule has 14 aliphatic rings. The van der Waals surface area contributed by atoms with Crippen LogP contribution in [0.2, 0.25) is 0 Å². The van der Waals surface area contributed by atoms with Gasteiger partial charge in [0.1, 0.15) is 18.8 Å². The number of rotatable bonds is 21. The summed E-state index contributed by atoms with van der Waals surface area (Å²) in [5.41, 5.74) is 7.04. The van der Waals surface area contributed by atoms with Crippen LogP contribution < -0.4 is 10.6 Å². The number of ether oxygens (including phenoxy) is 3. The Balaban J connectivity index is 0.000000198. The lowest BCUT2D eigenvalue weighted by molar-refractivity contribution is -0.221. The number of alkyl halides is 3. The molecule has 0 spiro atoms. The summed E-state index contributed by atoms with van der Waals surface area (Å²) in [6.45, 7) is 50.7. The van der Waals surface area contributed by atoms with Crippen molar-refractivity contribution in [3.05, 3.63) is 70.9 Å². The third-order valence-corrected chi connectivity index (χ3v) is 40.1. The maximum absolute atomic E-state index is 14.7. The summed E-state index contributed by atoms with van der Waals surface area (Å²) in [5, 5.41) is 18.2. The summed E-state index contributed by atoms with van der Waals surface area (Å²) in [6, 6.07) is -0.0446. The number of carboxylic acids is 1. The SMILES string of the molecule is C=C(C)[C@@H]1CC[C@]2(NCCN3CCS(=O)(=O)CC3)CC[C@]3(C)[C@H](CC[C@@H]4[C@@]5(C)CC=C(C6=CC[C@@](CF)(C(=O)O)CC6)C(C)(C)[C@@H]5CC[C@]43C)[C@@H]12.C=C(C)[C@@H]1CC[C@]2(NCCN3CCS(=O)(=O)CC3)CC[C@]3(C)[C@H](CC[C@@H]4[C@@]5(C)CC=C(C6=CC[C@@](CF)(C(=O)OCOC(=O)C(C)C)CC6)C(C)(C)[C@@H]5CC[C@]43C)[C@@H]12.CC(C)C(=O)OCCl. The van der Waals surface area contributed by atoms with E-state index in [9.17, 15) is 49.9 Å². The molecule has 20 atom stereocenters. The van der Waals surface area contributed by atoms with E-state index in [2.05, 4.69) is 146 Å². The Morgan fingerprint density at radius 3 is 1.24 bits per heavy atom. The summed E-state index contributed by atoms with van der Waals surface area (Å²) in [7, 11) is -5.75. The number of esters is 3. The van der Waals surface area contributed by atoms with Gasteiger partial charge in [-0.2, -0.15) is 0 Å². The first-order valence-electron chi connectivity index (χ1n) is 45.6. The molecule has 21 heteroatoms. The van der Waals surface area contributed by atoms with E-state index >= 15 is 0 Å². The van der Waals surface area contributed by atoms with Crippen LogP contribution in [0.4, 0.5) is 8.78 Å². The van der Waals surface area contributed by atoms with Gasteiger partial charge in [-0.1, -0.05) is 157 Å². The predicted octanol–water partition coefficient (Wildman–Crippen LogP) is 18.8. The van der Waals surface area contributed by atoms with E-state index in [0.29, 0.717) is 123 Å². The molecular weight excluding hydrogens is 1540 g/mol. The van der Waals surface area contributed by atoms with Crippen LogP contribution in [-0.2, 0) is 53.1 Å². The molecule has 16 nitrogen and oxygen atoms in total. The van der Waals surface area contributed by atoms with Crippen molar-refractivity contribution in [3.8, 4) is 0 Å².